The van der Waals surface area contributed by atoms with Gasteiger partial charge in [-0.05, 0) is 22.9 Å². The zero-order valence-corrected chi connectivity index (χ0v) is 13.2. The molecule has 0 atom stereocenters. The summed E-state index contributed by atoms with van der Waals surface area (Å²) >= 11 is 11.7. The maximum absolute atomic E-state index is 5.83. The fraction of sp³-hybridized carbons (Fsp3) is 0.312. The van der Waals surface area contributed by atoms with Crippen LogP contribution in [0, 0.1) is 0 Å². The molecule has 3 nitrogen and oxygen atoms in total. The number of aromatic nitrogens is 2. The van der Waals surface area contributed by atoms with Crippen molar-refractivity contribution in [2.75, 3.05) is 24.8 Å². The minimum atomic E-state index is 0.598. The van der Waals surface area contributed by atoms with Gasteiger partial charge in [-0.3, -0.25) is 4.90 Å². The maximum Gasteiger partial charge on any atom is 0.121 e. The Labute approximate surface area is 133 Å². The highest BCUT2D eigenvalue weighted by Crippen LogP contribution is 2.21. The molecule has 2 aromatic carbocycles. The van der Waals surface area contributed by atoms with E-state index >= 15 is 0 Å². The van der Waals surface area contributed by atoms with Gasteiger partial charge in [0.05, 0.1) is 17.6 Å². The van der Waals surface area contributed by atoms with Crippen LogP contribution in [0.2, 0.25) is 0 Å². The standard InChI is InChI=1S/C16H17Cl2N3/c17-5-7-21(8-6-18)11-16-19-14-9-12-3-1-2-4-13(12)10-15(14)20-16/h1-4,9-10H,5-8,11H2,(H,19,20). The van der Waals surface area contributed by atoms with Crippen LogP contribution >= 0.6 is 23.2 Å². The third-order valence-corrected chi connectivity index (χ3v) is 3.91. The molecule has 1 N–H and O–H groups in total. The molecule has 0 saturated carbocycles. The summed E-state index contributed by atoms with van der Waals surface area (Å²) in [6, 6.07) is 12.6. The molecule has 0 spiro atoms. The van der Waals surface area contributed by atoms with Gasteiger partial charge >= 0.3 is 0 Å². The number of aromatic amines is 1. The number of H-pyrrole nitrogens is 1. The Hall–Kier alpha value is -1.29. The first-order valence-corrected chi connectivity index (χ1v) is 8.09. The van der Waals surface area contributed by atoms with Crippen LogP contribution in [0.25, 0.3) is 21.8 Å². The van der Waals surface area contributed by atoms with E-state index in [0.717, 1.165) is 36.5 Å². The van der Waals surface area contributed by atoms with Gasteiger partial charge in [-0.2, -0.15) is 0 Å². The first-order valence-electron chi connectivity index (χ1n) is 7.02. The molecular weight excluding hydrogens is 305 g/mol. The molecule has 3 rings (SSSR count). The first-order chi connectivity index (χ1) is 10.3. The molecule has 0 aliphatic heterocycles. The normalized spacial score (nSPS) is 11.8. The maximum atomic E-state index is 5.83. The van der Waals surface area contributed by atoms with Crippen molar-refractivity contribution in [1.29, 1.82) is 0 Å². The Morgan fingerprint density at radius 3 is 2.33 bits per heavy atom. The highest BCUT2D eigenvalue weighted by Gasteiger charge is 2.09. The fourth-order valence-corrected chi connectivity index (χ4v) is 3.02. The number of nitrogens with one attached hydrogen (secondary N) is 1. The van der Waals surface area contributed by atoms with Crippen LogP contribution in [-0.4, -0.2) is 39.7 Å². The highest BCUT2D eigenvalue weighted by atomic mass is 35.5. The van der Waals surface area contributed by atoms with E-state index in [0.29, 0.717) is 11.8 Å². The SMILES string of the molecule is ClCCN(CCCl)Cc1nc2cc3ccccc3cc2[nH]1. The van der Waals surface area contributed by atoms with Gasteiger partial charge in [0.2, 0.25) is 0 Å². The lowest BCUT2D eigenvalue weighted by Gasteiger charge is -2.18. The lowest BCUT2D eigenvalue weighted by Crippen LogP contribution is -2.27. The Kier molecular flexibility index (Phi) is 4.63. The number of hydrogen-bond donors (Lipinski definition) is 1. The fourth-order valence-electron chi connectivity index (χ4n) is 2.55. The second-order valence-corrected chi connectivity index (χ2v) is 5.81. The van der Waals surface area contributed by atoms with Crippen molar-refractivity contribution in [1.82, 2.24) is 14.9 Å². The molecule has 0 saturated heterocycles. The van der Waals surface area contributed by atoms with Crippen LogP contribution in [0.4, 0.5) is 0 Å². The Morgan fingerprint density at radius 1 is 1.00 bits per heavy atom. The summed E-state index contributed by atoms with van der Waals surface area (Å²) in [4.78, 5) is 10.3. The van der Waals surface area contributed by atoms with Crippen LogP contribution in [0.5, 0.6) is 0 Å². The predicted octanol–water partition coefficient (Wildman–Crippen LogP) is 4.00. The Balaban J connectivity index is 1.91. The molecule has 0 fully saturated rings. The predicted molar refractivity (Wildman–Crippen MR) is 90.3 cm³/mol. The molecule has 1 heterocycles. The van der Waals surface area contributed by atoms with Gasteiger partial charge in [-0.15, -0.1) is 23.2 Å². The number of alkyl halides is 2. The summed E-state index contributed by atoms with van der Waals surface area (Å²) in [5.74, 6) is 2.15. The number of hydrogen-bond acceptors (Lipinski definition) is 2. The van der Waals surface area contributed by atoms with Gasteiger partial charge in [-0.25, -0.2) is 4.98 Å². The van der Waals surface area contributed by atoms with E-state index in [9.17, 15) is 0 Å². The number of benzene rings is 2. The summed E-state index contributed by atoms with van der Waals surface area (Å²) in [5, 5.41) is 2.43. The number of nitrogens with zero attached hydrogens (tertiary/aromatic N) is 2. The summed E-state index contributed by atoms with van der Waals surface area (Å²) in [7, 11) is 0. The van der Waals surface area contributed by atoms with Crippen molar-refractivity contribution < 1.29 is 0 Å². The average Bonchev–Trinajstić information content (AvgIpc) is 2.86. The third kappa shape index (κ3) is 3.31. The molecule has 1 aromatic heterocycles. The third-order valence-electron chi connectivity index (χ3n) is 3.57. The van der Waals surface area contributed by atoms with Crippen molar-refractivity contribution in [2.24, 2.45) is 0 Å². The average molecular weight is 322 g/mol. The molecule has 5 heteroatoms. The van der Waals surface area contributed by atoms with Crippen molar-refractivity contribution in [2.45, 2.75) is 6.54 Å². The molecule has 110 valence electrons. The minimum absolute atomic E-state index is 0.598. The topological polar surface area (TPSA) is 31.9 Å². The van der Waals surface area contributed by atoms with Crippen molar-refractivity contribution in [3.8, 4) is 0 Å². The van der Waals surface area contributed by atoms with Crippen LogP contribution in [0.3, 0.4) is 0 Å². The van der Waals surface area contributed by atoms with E-state index in [2.05, 4.69) is 39.1 Å². The summed E-state index contributed by atoms with van der Waals surface area (Å²) in [6.07, 6.45) is 0. The summed E-state index contributed by atoms with van der Waals surface area (Å²) in [5.41, 5.74) is 2.07. The Bertz CT molecular complexity index is 680. The van der Waals surface area contributed by atoms with E-state index in [-0.39, 0.29) is 0 Å². The van der Waals surface area contributed by atoms with Crippen LogP contribution in [0.15, 0.2) is 36.4 Å². The smallest absolute Gasteiger partial charge is 0.121 e. The number of rotatable bonds is 6. The van der Waals surface area contributed by atoms with E-state index in [1.807, 2.05) is 12.1 Å². The highest BCUT2D eigenvalue weighted by molar-refractivity contribution is 6.18. The van der Waals surface area contributed by atoms with Gasteiger partial charge < -0.3 is 4.98 Å². The molecule has 0 amide bonds. The largest absolute Gasteiger partial charge is 0.341 e. The molecule has 3 aromatic rings. The summed E-state index contributed by atoms with van der Waals surface area (Å²) < 4.78 is 0. The number of imidazole rings is 1. The molecule has 0 aliphatic carbocycles. The molecule has 0 radical (unpaired) electrons. The summed E-state index contributed by atoms with van der Waals surface area (Å²) in [6.45, 7) is 2.37. The Morgan fingerprint density at radius 2 is 1.67 bits per heavy atom. The monoisotopic (exact) mass is 321 g/mol. The minimum Gasteiger partial charge on any atom is -0.341 e. The van der Waals surface area contributed by atoms with Crippen LogP contribution in [0.1, 0.15) is 5.82 Å². The second-order valence-electron chi connectivity index (χ2n) is 5.05. The molecule has 0 bridgehead atoms. The van der Waals surface area contributed by atoms with Gasteiger partial charge in [0.15, 0.2) is 0 Å². The van der Waals surface area contributed by atoms with Gasteiger partial charge in [0, 0.05) is 24.8 Å². The van der Waals surface area contributed by atoms with Crippen molar-refractivity contribution >= 4 is 45.0 Å². The molecule has 21 heavy (non-hydrogen) atoms. The lowest BCUT2D eigenvalue weighted by molar-refractivity contribution is 0.293. The lowest BCUT2D eigenvalue weighted by atomic mass is 10.1. The number of fused-ring (bicyclic) bond motifs is 2. The zero-order valence-electron chi connectivity index (χ0n) is 11.6. The van der Waals surface area contributed by atoms with Crippen LogP contribution in [-0.2, 0) is 6.54 Å². The van der Waals surface area contributed by atoms with E-state index in [1.54, 1.807) is 0 Å². The van der Waals surface area contributed by atoms with Gasteiger partial charge in [-0.1, -0.05) is 24.3 Å². The number of halogens is 2. The zero-order chi connectivity index (χ0) is 14.7. The first kappa shape index (κ1) is 14.6. The van der Waals surface area contributed by atoms with Gasteiger partial charge in [0.25, 0.3) is 0 Å². The molecule has 0 aliphatic rings. The molecular formula is C16H17Cl2N3. The van der Waals surface area contributed by atoms with E-state index in [4.69, 9.17) is 23.2 Å². The van der Waals surface area contributed by atoms with Crippen molar-refractivity contribution in [3.05, 3.63) is 42.2 Å². The second kappa shape index (κ2) is 6.65. The van der Waals surface area contributed by atoms with E-state index in [1.165, 1.54) is 10.8 Å². The van der Waals surface area contributed by atoms with Crippen molar-refractivity contribution in [3.63, 3.8) is 0 Å². The van der Waals surface area contributed by atoms with E-state index < -0.39 is 0 Å². The molecule has 0 unspecified atom stereocenters. The van der Waals surface area contributed by atoms with Gasteiger partial charge in [0.1, 0.15) is 5.82 Å². The van der Waals surface area contributed by atoms with Crippen LogP contribution < -0.4 is 0 Å². The quantitative estimate of drug-likeness (QED) is 0.696.